The van der Waals surface area contributed by atoms with Crippen LogP contribution in [-0.2, 0) is 17.8 Å². The maximum absolute atomic E-state index is 5.40. The van der Waals surface area contributed by atoms with Gasteiger partial charge in [-0.2, -0.15) is 0 Å². The van der Waals surface area contributed by atoms with E-state index in [1.165, 1.54) is 30.4 Å². The minimum Gasteiger partial charge on any atom is -0.379 e. The molecule has 1 fully saturated rings. The van der Waals surface area contributed by atoms with Crippen LogP contribution in [-0.4, -0.2) is 50.3 Å². The highest BCUT2D eigenvalue weighted by Gasteiger charge is 2.10. The number of hydrogen-bond donors (Lipinski definition) is 2. The van der Waals surface area contributed by atoms with Gasteiger partial charge in [-0.25, -0.2) is 4.99 Å². The van der Waals surface area contributed by atoms with Crippen LogP contribution in [0.3, 0.4) is 0 Å². The number of rotatable bonds is 9. The van der Waals surface area contributed by atoms with E-state index in [0.29, 0.717) is 6.54 Å². The standard InChI is InChI=1S/C20H34N4O.HI/c1-3-5-6-11-22-20(21-4-2)23-16-18-7-9-19(10-8-18)17-24-12-14-25-15-13-24;/h7-10H,3-6,11-17H2,1-2H3,(H2,21,22,23);1H. The summed E-state index contributed by atoms with van der Waals surface area (Å²) in [5.74, 6) is 0.913. The van der Waals surface area contributed by atoms with Crippen molar-refractivity contribution in [2.75, 3.05) is 39.4 Å². The van der Waals surface area contributed by atoms with Crippen molar-refractivity contribution in [1.29, 1.82) is 0 Å². The van der Waals surface area contributed by atoms with Crippen LogP contribution in [0, 0.1) is 0 Å². The van der Waals surface area contributed by atoms with Crippen molar-refractivity contribution in [2.45, 2.75) is 46.2 Å². The highest BCUT2D eigenvalue weighted by molar-refractivity contribution is 14.0. The first-order valence-electron chi connectivity index (χ1n) is 9.72. The third-order valence-electron chi connectivity index (χ3n) is 4.37. The molecule has 1 aromatic rings. The summed E-state index contributed by atoms with van der Waals surface area (Å²) in [4.78, 5) is 7.14. The summed E-state index contributed by atoms with van der Waals surface area (Å²) in [5, 5.41) is 6.73. The summed E-state index contributed by atoms with van der Waals surface area (Å²) in [6.07, 6.45) is 3.69. The second kappa shape index (κ2) is 14.2. The molecule has 1 heterocycles. The Labute approximate surface area is 176 Å². The minimum absolute atomic E-state index is 0. The van der Waals surface area contributed by atoms with E-state index < -0.39 is 0 Å². The molecule has 0 unspecified atom stereocenters. The van der Waals surface area contributed by atoms with Crippen molar-refractivity contribution in [3.05, 3.63) is 35.4 Å². The fraction of sp³-hybridized carbons (Fsp3) is 0.650. The predicted octanol–water partition coefficient (Wildman–Crippen LogP) is 3.38. The predicted molar refractivity (Wildman–Crippen MR) is 120 cm³/mol. The molecule has 6 heteroatoms. The van der Waals surface area contributed by atoms with Crippen LogP contribution in [0.5, 0.6) is 0 Å². The molecule has 0 atom stereocenters. The summed E-state index contributed by atoms with van der Waals surface area (Å²) in [7, 11) is 0. The van der Waals surface area contributed by atoms with Crippen molar-refractivity contribution >= 4 is 29.9 Å². The van der Waals surface area contributed by atoms with E-state index in [0.717, 1.165) is 51.9 Å². The van der Waals surface area contributed by atoms with Crippen LogP contribution in [0.2, 0.25) is 0 Å². The molecule has 1 aliphatic heterocycles. The van der Waals surface area contributed by atoms with Gasteiger partial charge in [0.25, 0.3) is 0 Å². The average molecular weight is 474 g/mol. The highest BCUT2D eigenvalue weighted by Crippen LogP contribution is 2.10. The highest BCUT2D eigenvalue weighted by atomic mass is 127. The van der Waals surface area contributed by atoms with Crippen LogP contribution < -0.4 is 10.6 Å². The van der Waals surface area contributed by atoms with Gasteiger partial charge >= 0.3 is 0 Å². The van der Waals surface area contributed by atoms with Crippen molar-refractivity contribution in [3.8, 4) is 0 Å². The van der Waals surface area contributed by atoms with Gasteiger partial charge in [0.15, 0.2) is 5.96 Å². The van der Waals surface area contributed by atoms with Crippen molar-refractivity contribution in [2.24, 2.45) is 4.99 Å². The number of nitrogens with one attached hydrogen (secondary N) is 2. The molecule has 0 radical (unpaired) electrons. The number of guanidine groups is 1. The topological polar surface area (TPSA) is 48.9 Å². The van der Waals surface area contributed by atoms with Gasteiger partial charge in [-0.15, -0.1) is 24.0 Å². The molecule has 1 aliphatic rings. The molecule has 148 valence electrons. The molecule has 5 nitrogen and oxygen atoms in total. The smallest absolute Gasteiger partial charge is 0.191 e. The molecule has 0 amide bonds. The quantitative estimate of drug-likeness (QED) is 0.250. The fourth-order valence-electron chi connectivity index (χ4n) is 2.86. The number of unbranched alkanes of at least 4 members (excludes halogenated alkanes) is 2. The molecule has 1 saturated heterocycles. The van der Waals surface area contributed by atoms with E-state index in [4.69, 9.17) is 9.73 Å². The molecule has 0 aromatic heterocycles. The molecular weight excluding hydrogens is 439 g/mol. The summed E-state index contributed by atoms with van der Waals surface area (Å²) in [6.45, 7) is 11.7. The molecule has 0 aliphatic carbocycles. The number of ether oxygens (including phenoxy) is 1. The summed E-state index contributed by atoms with van der Waals surface area (Å²) in [6, 6.07) is 8.84. The first kappa shape index (κ1) is 23.2. The maximum Gasteiger partial charge on any atom is 0.191 e. The van der Waals surface area contributed by atoms with E-state index in [1.807, 2.05) is 0 Å². The lowest BCUT2D eigenvalue weighted by Crippen LogP contribution is -2.37. The number of halogens is 1. The Hall–Kier alpha value is -0.860. The molecule has 0 saturated carbocycles. The third-order valence-corrected chi connectivity index (χ3v) is 4.37. The van der Waals surface area contributed by atoms with Crippen molar-refractivity contribution in [3.63, 3.8) is 0 Å². The van der Waals surface area contributed by atoms with Gasteiger partial charge in [0.05, 0.1) is 19.8 Å². The molecule has 26 heavy (non-hydrogen) atoms. The van der Waals surface area contributed by atoms with Gasteiger partial charge in [-0.05, 0) is 24.5 Å². The van der Waals surface area contributed by atoms with Crippen molar-refractivity contribution < 1.29 is 4.74 Å². The van der Waals surface area contributed by atoms with Gasteiger partial charge in [-0.1, -0.05) is 44.0 Å². The molecule has 0 spiro atoms. The first-order chi connectivity index (χ1) is 12.3. The summed E-state index contributed by atoms with van der Waals surface area (Å²) < 4.78 is 5.40. The molecule has 2 N–H and O–H groups in total. The zero-order valence-corrected chi connectivity index (χ0v) is 18.6. The van der Waals surface area contributed by atoms with E-state index in [1.54, 1.807) is 0 Å². The van der Waals surface area contributed by atoms with E-state index in [2.05, 4.69) is 53.6 Å². The normalized spacial score (nSPS) is 15.4. The SMILES string of the molecule is CCCCCNC(=NCc1ccc(CN2CCOCC2)cc1)NCC.I. The largest absolute Gasteiger partial charge is 0.379 e. The Kier molecular flexibility index (Phi) is 12.7. The number of aliphatic imine (C=N–C) groups is 1. The van der Waals surface area contributed by atoms with Crippen LogP contribution in [0.25, 0.3) is 0 Å². The Balaban J connectivity index is 0.00000338. The Morgan fingerprint density at radius 3 is 2.38 bits per heavy atom. The molecule has 2 rings (SSSR count). The average Bonchev–Trinajstić information content (AvgIpc) is 2.65. The van der Waals surface area contributed by atoms with Gasteiger partial charge < -0.3 is 15.4 Å². The summed E-state index contributed by atoms with van der Waals surface area (Å²) in [5.41, 5.74) is 2.61. The summed E-state index contributed by atoms with van der Waals surface area (Å²) >= 11 is 0. The zero-order valence-electron chi connectivity index (χ0n) is 16.3. The maximum atomic E-state index is 5.40. The number of benzene rings is 1. The lowest BCUT2D eigenvalue weighted by atomic mass is 10.1. The minimum atomic E-state index is 0. The van der Waals surface area contributed by atoms with Gasteiger partial charge in [0, 0.05) is 32.7 Å². The number of hydrogen-bond acceptors (Lipinski definition) is 3. The lowest BCUT2D eigenvalue weighted by molar-refractivity contribution is 0.0342. The number of nitrogens with zero attached hydrogens (tertiary/aromatic N) is 2. The van der Waals surface area contributed by atoms with E-state index in [9.17, 15) is 0 Å². The van der Waals surface area contributed by atoms with Crippen LogP contribution >= 0.6 is 24.0 Å². The second-order valence-electron chi connectivity index (χ2n) is 6.53. The first-order valence-corrected chi connectivity index (χ1v) is 9.72. The molecule has 1 aromatic carbocycles. The Morgan fingerprint density at radius 1 is 1.04 bits per heavy atom. The van der Waals surface area contributed by atoms with Crippen LogP contribution in [0.4, 0.5) is 0 Å². The molecule has 0 bridgehead atoms. The van der Waals surface area contributed by atoms with E-state index >= 15 is 0 Å². The van der Waals surface area contributed by atoms with Gasteiger partial charge in [-0.3, -0.25) is 4.90 Å². The van der Waals surface area contributed by atoms with Crippen molar-refractivity contribution in [1.82, 2.24) is 15.5 Å². The molecular formula is C20H35IN4O. The monoisotopic (exact) mass is 474 g/mol. The second-order valence-corrected chi connectivity index (χ2v) is 6.53. The van der Waals surface area contributed by atoms with Gasteiger partial charge in [0.2, 0.25) is 0 Å². The van der Waals surface area contributed by atoms with Crippen LogP contribution in [0.15, 0.2) is 29.3 Å². The van der Waals surface area contributed by atoms with Gasteiger partial charge in [0.1, 0.15) is 0 Å². The van der Waals surface area contributed by atoms with Crippen LogP contribution in [0.1, 0.15) is 44.2 Å². The number of morpholine rings is 1. The fourth-order valence-corrected chi connectivity index (χ4v) is 2.86. The Morgan fingerprint density at radius 2 is 1.73 bits per heavy atom. The third kappa shape index (κ3) is 9.19. The Bertz CT molecular complexity index is 501. The lowest BCUT2D eigenvalue weighted by Gasteiger charge is -2.26. The van der Waals surface area contributed by atoms with E-state index in [-0.39, 0.29) is 24.0 Å². The zero-order chi connectivity index (χ0) is 17.7.